The average molecular weight is 281 g/mol. The molecule has 0 bridgehead atoms. The molecule has 0 aliphatic heterocycles. The van der Waals surface area contributed by atoms with Gasteiger partial charge in [-0.25, -0.2) is 0 Å². The molecule has 2 nitrogen and oxygen atoms in total. The fraction of sp³-hybridized carbons (Fsp3) is 0.316. The lowest BCUT2D eigenvalue weighted by atomic mass is 9.88. The Morgan fingerprint density at radius 2 is 1.67 bits per heavy atom. The van der Waals surface area contributed by atoms with Gasteiger partial charge in [-0.05, 0) is 35.1 Å². The third-order valence-corrected chi connectivity index (χ3v) is 3.76. The van der Waals surface area contributed by atoms with Crippen LogP contribution in [0.2, 0.25) is 0 Å². The van der Waals surface area contributed by atoms with Crippen LogP contribution in [0.1, 0.15) is 66.6 Å². The zero-order chi connectivity index (χ0) is 15.6. The molecule has 2 rings (SSSR count). The molecule has 0 aliphatic rings. The van der Waals surface area contributed by atoms with Crippen molar-refractivity contribution in [2.45, 2.75) is 39.5 Å². The minimum absolute atomic E-state index is 0.0429. The molecular formula is C19H23NO. The average Bonchev–Trinajstić information content (AvgIpc) is 2.45. The lowest BCUT2D eigenvalue weighted by Crippen LogP contribution is -2.08. The summed E-state index contributed by atoms with van der Waals surface area (Å²) in [7, 11) is 0. The molecule has 0 spiro atoms. The number of anilines is 1. The lowest BCUT2D eigenvalue weighted by molar-refractivity contribution is 0.103. The van der Waals surface area contributed by atoms with Crippen molar-refractivity contribution in [1.82, 2.24) is 0 Å². The fourth-order valence-corrected chi connectivity index (χ4v) is 2.46. The van der Waals surface area contributed by atoms with Gasteiger partial charge in [-0.3, -0.25) is 4.79 Å². The van der Waals surface area contributed by atoms with Crippen LogP contribution in [0.4, 0.5) is 5.69 Å². The molecule has 0 saturated carbocycles. The molecule has 0 heterocycles. The molecule has 2 aromatic carbocycles. The fourth-order valence-electron chi connectivity index (χ4n) is 2.46. The molecule has 0 radical (unpaired) electrons. The molecule has 21 heavy (non-hydrogen) atoms. The third-order valence-electron chi connectivity index (χ3n) is 3.76. The summed E-state index contributed by atoms with van der Waals surface area (Å²) in [6.07, 6.45) is 0. The zero-order valence-corrected chi connectivity index (χ0v) is 13.2. The summed E-state index contributed by atoms with van der Waals surface area (Å²) in [5, 5.41) is 0. The van der Waals surface area contributed by atoms with Crippen LogP contribution in [-0.4, -0.2) is 5.78 Å². The van der Waals surface area contributed by atoms with Crippen LogP contribution >= 0.6 is 0 Å². The van der Waals surface area contributed by atoms with Crippen LogP contribution in [0.3, 0.4) is 0 Å². The van der Waals surface area contributed by atoms with E-state index in [0.29, 0.717) is 23.1 Å². The molecule has 2 heteroatoms. The molecular weight excluding hydrogens is 258 g/mol. The topological polar surface area (TPSA) is 43.1 Å². The van der Waals surface area contributed by atoms with E-state index in [1.54, 1.807) is 12.1 Å². The number of benzene rings is 2. The first-order chi connectivity index (χ1) is 9.90. The first-order valence-corrected chi connectivity index (χ1v) is 7.44. The highest BCUT2D eigenvalue weighted by Gasteiger charge is 2.17. The summed E-state index contributed by atoms with van der Waals surface area (Å²) in [6.45, 7) is 8.57. The van der Waals surface area contributed by atoms with Gasteiger partial charge in [-0.15, -0.1) is 0 Å². The van der Waals surface area contributed by atoms with Gasteiger partial charge in [0.15, 0.2) is 5.78 Å². The summed E-state index contributed by atoms with van der Waals surface area (Å²) in [5.74, 6) is 0.809. The maximum absolute atomic E-state index is 12.7. The van der Waals surface area contributed by atoms with E-state index >= 15 is 0 Å². The number of rotatable bonds is 4. The van der Waals surface area contributed by atoms with Gasteiger partial charge < -0.3 is 5.73 Å². The van der Waals surface area contributed by atoms with Crippen LogP contribution in [0.25, 0.3) is 0 Å². The van der Waals surface area contributed by atoms with Crippen molar-refractivity contribution in [3.63, 3.8) is 0 Å². The monoisotopic (exact) mass is 281 g/mol. The van der Waals surface area contributed by atoms with Gasteiger partial charge in [0.1, 0.15) is 0 Å². The number of carbonyl (C=O) groups is 1. The van der Waals surface area contributed by atoms with E-state index in [1.807, 2.05) is 18.2 Å². The van der Waals surface area contributed by atoms with E-state index in [0.717, 1.165) is 11.1 Å². The summed E-state index contributed by atoms with van der Waals surface area (Å²) in [6, 6.07) is 13.3. The number of hydrogen-bond donors (Lipinski definition) is 1. The lowest BCUT2D eigenvalue weighted by Gasteiger charge is -2.16. The SMILES string of the molecule is CC(C)c1ccc(C(=O)c2cccc(N)c2)c(C(C)C)c1. The van der Waals surface area contributed by atoms with Crippen LogP contribution in [-0.2, 0) is 0 Å². The Morgan fingerprint density at radius 1 is 0.952 bits per heavy atom. The Labute approximate surface area is 127 Å². The molecule has 0 atom stereocenters. The van der Waals surface area contributed by atoms with Gasteiger partial charge in [-0.1, -0.05) is 58.0 Å². The molecule has 2 aromatic rings. The molecule has 0 aromatic heterocycles. The number of ketones is 1. The van der Waals surface area contributed by atoms with Crippen LogP contribution in [0, 0.1) is 0 Å². The predicted octanol–water partition coefficient (Wildman–Crippen LogP) is 4.75. The Kier molecular flexibility index (Phi) is 4.46. The second kappa shape index (κ2) is 6.13. The third kappa shape index (κ3) is 3.33. The normalized spacial score (nSPS) is 11.1. The second-order valence-corrected chi connectivity index (χ2v) is 6.11. The Bertz CT molecular complexity index is 656. The van der Waals surface area contributed by atoms with Crippen LogP contribution in [0.15, 0.2) is 42.5 Å². The standard InChI is InChI=1S/C19H23NO/c1-12(2)14-8-9-17(18(11-14)13(3)4)19(21)15-6-5-7-16(20)10-15/h5-13H,20H2,1-4H3. The molecule has 0 unspecified atom stereocenters. The summed E-state index contributed by atoms with van der Waals surface area (Å²) < 4.78 is 0. The Balaban J connectivity index is 2.50. The molecule has 0 saturated heterocycles. The van der Waals surface area contributed by atoms with E-state index < -0.39 is 0 Å². The van der Waals surface area contributed by atoms with Crippen molar-refractivity contribution in [2.24, 2.45) is 0 Å². The summed E-state index contributed by atoms with van der Waals surface area (Å²) in [4.78, 5) is 12.7. The zero-order valence-electron chi connectivity index (χ0n) is 13.2. The van der Waals surface area contributed by atoms with E-state index in [9.17, 15) is 4.79 Å². The molecule has 0 aliphatic carbocycles. The van der Waals surface area contributed by atoms with Gasteiger partial charge in [0.2, 0.25) is 0 Å². The molecule has 0 fully saturated rings. The van der Waals surface area contributed by atoms with Gasteiger partial charge in [0.05, 0.1) is 0 Å². The van der Waals surface area contributed by atoms with Gasteiger partial charge in [0.25, 0.3) is 0 Å². The number of carbonyl (C=O) groups excluding carboxylic acids is 1. The van der Waals surface area contributed by atoms with E-state index in [1.165, 1.54) is 5.56 Å². The van der Waals surface area contributed by atoms with E-state index in [-0.39, 0.29) is 5.78 Å². The van der Waals surface area contributed by atoms with Crippen molar-refractivity contribution in [3.8, 4) is 0 Å². The first-order valence-electron chi connectivity index (χ1n) is 7.44. The number of nitrogens with two attached hydrogens (primary N) is 1. The maximum atomic E-state index is 12.7. The highest BCUT2D eigenvalue weighted by atomic mass is 16.1. The minimum Gasteiger partial charge on any atom is -0.399 e. The summed E-state index contributed by atoms with van der Waals surface area (Å²) in [5.41, 5.74) is 10.2. The van der Waals surface area contributed by atoms with Crippen molar-refractivity contribution < 1.29 is 4.79 Å². The highest BCUT2D eigenvalue weighted by molar-refractivity contribution is 6.10. The van der Waals surface area contributed by atoms with Crippen molar-refractivity contribution in [2.75, 3.05) is 5.73 Å². The smallest absolute Gasteiger partial charge is 0.193 e. The van der Waals surface area contributed by atoms with Gasteiger partial charge >= 0.3 is 0 Å². The van der Waals surface area contributed by atoms with E-state index in [4.69, 9.17) is 5.73 Å². The van der Waals surface area contributed by atoms with E-state index in [2.05, 4.69) is 39.8 Å². The Morgan fingerprint density at radius 3 is 2.24 bits per heavy atom. The van der Waals surface area contributed by atoms with Gasteiger partial charge in [0, 0.05) is 16.8 Å². The number of hydrogen-bond acceptors (Lipinski definition) is 2. The highest BCUT2D eigenvalue weighted by Crippen LogP contribution is 2.27. The van der Waals surface area contributed by atoms with Crippen LogP contribution in [0.5, 0.6) is 0 Å². The van der Waals surface area contributed by atoms with Crippen molar-refractivity contribution in [1.29, 1.82) is 0 Å². The quantitative estimate of drug-likeness (QED) is 0.649. The summed E-state index contributed by atoms with van der Waals surface area (Å²) >= 11 is 0. The second-order valence-electron chi connectivity index (χ2n) is 6.11. The maximum Gasteiger partial charge on any atom is 0.193 e. The van der Waals surface area contributed by atoms with Crippen LogP contribution < -0.4 is 5.73 Å². The number of nitrogen functional groups attached to an aromatic ring is 1. The largest absolute Gasteiger partial charge is 0.399 e. The predicted molar refractivity (Wildman–Crippen MR) is 88.9 cm³/mol. The molecule has 0 amide bonds. The molecule has 110 valence electrons. The van der Waals surface area contributed by atoms with Crippen molar-refractivity contribution in [3.05, 3.63) is 64.7 Å². The Hall–Kier alpha value is -2.09. The minimum atomic E-state index is 0.0429. The molecule has 2 N–H and O–H groups in total. The van der Waals surface area contributed by atoms with Gasteiger partial charge in [-0.2, -0.15) is 0 Å². The first kappa shape index (κ1) is 15.3. The van der Waals surface area contributed by atoms with Crippen molar-refractivity contribution >= 4 is 11.5 Å².